The number of halogens is 1. The number of anilines is 1. The molecule has 0 radical (unpaired) electrons. The lowest BCUT2D eigenvalue weighted by Crippen LogP contribution is -2.21. The fourth-order valence-electron chi connectivity index (χ4n) is 2.79. The van der Waals surface area contributed by atoms with E-state index in [2.05, 4.69) is 92.7 Å². The monoisotopic (exact) mass is 324 g/mol. The Morgan fingerprint density at radius 3 is 2.55 bits per heavy atom. The van der Waals surface area contributed by atoms with Gasteiger partial charge in [-0.1, -0.05) is 40.2 Å². The van der Waals surface area contributed by atoms with E-state index in [0.717, 1.165) is 4.47 Å². The van der Waals surface area contributed by atoms with Gasteiger partial charge in [-0.05, 0) is 42.0 Å². The Labute approximate surface area is 126 Å². The van der Waals surface area contributed by atoms with Gasteiger partial charge < -0.3 is 9.88 Å². The van der Waals surface area contributed by atoms with Crippen molar-refractivity contribution in [3.63, 3.8) is 0 Å². The maximum Gasteiger partial charge on any atom is 0.0924 e. The Morgan fingerprint density at radius 1 is 0.900 bits per heavy atom. The molecule has 3 heteroatoms. The third-order valence-electron chi connectivity index (χ3n) is 3.74. The van der Waals surface area contributed by atoms with Gasteiger partial charge in [0.25, 0.3) is 0 Å². The minimum Gasteiger partial charge on any atom is -0.371 e. The standard InChI is InChI=1S/C17H13BrN2/c18-13-9-7-12(8-10-13)17-16-6-3-11-20(16)15-5-2-1-4-14(15)19-17/h1-11,17,19H. The zero-order valence-corrected chi connectivity index (χ0v) is 12.3. The number of fused-ring (bicyclic) bond motifs is 3. The van der Waals surface area contributed by atoms with Gasteiger partial charge in [-0.15, -0.1) is 0 Å². The molecule has 1 aromatic heterocycles. The SMILES string of the molecule is Brc1ccc(C2Nc3ccccc3-n3cccc32)cc1. The number of hydrogen-bond donors (Lipinski definition) is 1. The highest BCUT2D eigenvalue weighted by atomic mass is 79.9. The molecule has 3 aromatic rings. The van der Waals surface area contributed by atoms with Gasteiger partial charge in [0.15, 0.2) is 0 Å². The molecule has 1 aliphatic rings. The second kappa shape index (κ2) is 4.53. The summed E-state index contributed by atoms with van der Waals surface area (Å²) in [4.78, 5) is 0. The smallest absolute Gasteiger partial charge is 0.0924 e. The number of nitrogens with one attached hydrogen (secondary N) is 1. The largest absolute Gasteiger partial charge is 0.371 e. The van der Waals surface area contributed by atoms with Crippen molar-refractivity contribution in [1.82, 2.24) is 4.57 Å². The van der Waals surface area contributed by atoms with Gasteiger partial charge in [0.1, 0.15) is 0 Å². The maximum absolute atomic E-state index is 3.64. The van der Waals surface area contributed by atoms with E-state index in [1.165, 1.54) is 22.6 Å². The first-order valence-corrected chi connectivity index (χ1v) is 7.41. The molecular formula is C17H13BrN2. The van der Waals surface area contributed by atoms with Crippen LogP contribution in [0.4, 0.5) is 5.69 Å². The first-order valence-electron chi connectivity index (χ1n) is 6.61. The summed E-state index contributed by atoms with van der Waals surface area (Å²) in [7, 11) is 0. The normalized spacial score (nSPS) is 16.1. The van der Waals surface area contributed by atoms with E-state index < -0.39 is 0 Å². The molecule has 0 bridgehead atoms. The predicted octanol–water partition coefficient (Wildman–Crippen LogP) is 4.75. The van der Waals surface area contributed by atoms with Gasteiger partial charge in [0.2, 0.25) is 0 Å². The Morgan fingerprint density at radius 2 is 1.70 bits per heavy atom. The summed E-state index contributed by atoms with van der Waals surface area (Å²) >= 11 is 3.49. The summed E-state index contributed by atoms with van der Waals surface area (Å²) in [6.45, 7) is 0. The van der Waals surface area contributed by atoms with Crippen molar-refractivity contribution in [1.29, 1.82) is 0 Å². The molecule has 2 nitrogen and oxygen atoms in total. The van der Waals surface area contributed by atoms with Crippen molar-refractivity contribution in [3.8, 4) is 5.69 Å². The molecule has 98 valence electrons. The molecule has 1 aliphatic heterocycles. The fraction of sp³-hybridized carbons (Fsp3) is 0.0588. The summed E-state index contributed by atoms with van der Waals surface area (Å²) < 4.78 is 3.37. The van der Waals surface area contributed by atoms with Crippen LogP contribution in [0, 0.1) is 0 Å². The third-order valence-corrected chi connectivity index (χ3v) is 4.27. The molecule has 0 saturated carbocycles. The van der Waals surface area contributed by atoms with E-state index in [4.69, 9.17) is 0 Å². The zero-order valence-electron chi connectivity index (χ0n) is 10.8. The topological polar surface area (TPSA) is 17.0 Å². The highest BCUT2D eigenvalue weighted by molar-refractivity contribution is 9.10. The average Bonchev–Trinajstić information content (AvgIpc) is 2.97. The lowest BCUT2D eigenvalue weighted by atomic mass is 10.0. The van der Waals surface area contributed by atoms with Crippen LogP contribution in [0.3, 0.4) is 0 Å². The van der Waals surface area contributed by atoms with E-state index in [1.807, 2.05) is 0 Å². The summed E-state index contributed by atoms with van der Waals surface area (Å²) in [6, 6.07) is 21.4. The molecule has 20 heavy (non-hydrogen) atoms. The Hall–Kier alpha value is -2.00. The van der Waals surface area contributed by atoms with Gasteiger partial charge >= 0.3 is 0 Å². The summed E-state index contributed by atoms with van der Waals surface area (Å²) in [5, 5.41) is 3.64. The van der Waals surface area contributed by atoms with Gasteiger partial charge in [-0.2, -0.15) is 0 Å². The summed E-state index contributed by atoms with van der Waals surface area (Å²) in [6.07, 6.45) is 2.13. The minimum atomic E-state index is 0.188. The van der Waals surface area contributed by atoms with Crippen LogP contribution in [-0.2, 0) is 0 Å². The second-order valence-corrected chi connectivity index (χ2v) is 5.86. The van der Waals surface area contributed by atoms with Crippen LogP contribution in [0.15, 0.2) is 71.3 Å². The molecule has 1 N–H and O–H groups in total. The lowest BCUT2D eigenvalue weighted by Gasteiger charge is -2.29. The van der Waals surface area contributed by atoms with E-state index in [-0.39, 0.29) is 6.04 Å². The molecule has 1 unspecified atom stereocenters. The van der Waals surface area contributed by atoms with Crippen molar-refractivity contribution in [3.05, 3.63) is 82.6 Å². The van der Waals surface area contributed by atoms with Gasteiger partial charge in [-0.3, -0.25) is 0 Å². The number of aromatic nitrogens is 1. The van der Waals surface area contributed by atoms with E-state index in [0.29, 0.717) is 0 Å². The van der Waals surface area contributed by atoms with Crippen molar-refractivity contribution in [2.75, 3.05) is 5.32 Å². The average molecular weight is 325 g/mol. The molecule has 2 heterocycles. The maximum atomic E-state index is 3.64. The Kier molecular flexibility index (Phi) is 2.67. The van der Waals surface area contributed by atoms with Gasteiger partial charge in [0, 0.05) is 16.4 Å². The van der Waals surface area contributed by atoms with Crippen LogP contribution in [0.1, 0.15) is 17.3 Å². The first kappa shape index (κ1) is 11.8. The number of para-hydroxylation sites is 2. The van der Waals surface area contributed by atoms with Crippen LogP contribution in [0.25, 0.3) is 5.69 Å². The molecule has 0 saturated heterocycles. The van der Waals surface area contributed by atoms with Crippen molar-refractivity contribution >= 4 is 21.6 Å². The molecule has 1 atom stereocenters. The first-order chi connectivity index (χ1) is 9.83. The fourth-order valence-corrected chi connectivity index (χ4v) is 3.06. The van der Waals surface area contributed by atoms with Crippen LogP contribution < -0.4 is 5.32 Å². The van der Waals surface area contributed by atoms with Crippen LogP contribution >= 0.6 is 15.9 Å². The highest BCUT2D eigenvalue weighted by Crippen LogP contribution is 2.36. The molecule has 0 spiro atoms. The summed E-state index contributed by atoms with van der Waals surface area (Å²) in [5.74, 6) is 0. The van der Waals surface area contributed by atoms with E-state index >= 15 is 0 Å². The molecule has 0 amide bonds. The predicted molar refractivity (Wildman–Crippen MR) is 85.4 cm³/mol. The number of nitrogens with zero attached hydrogens (tertiary/aromatic N) is 1. The second-order valence-electron chi connectivity index (χ2n) is 4.95. The van der Waals surface area contributed by atoms with Gasteiger partial charge in [0.05, 0.1) is 17.4 Å². The molecule has 4 rings (SSSR count). The van der Waals surface area contributed by atoms with Crippen molar-refractivity contribution in [2.45, 2.75) is 6.04 Å². The van der Waals surface area contributed by atoms with Crippen LogP contribution in [0.5, 0.6) is 0 Å². The number of benzene rings is 2. The highest BCUT2D eigenvalue weighted by Gasteiger charge is 2.24. The van der Waals surface area contributed by atoms with Crippen molar-refractivity contribution < 1.29 is 0 Å². The quantitative estimate of drug-likeness (QED) is 0.683. The Bertz CT molecular complexity index is 759. The number of rotatable bonds is 1. The van der Waals surface area contributed by atoms with Crippen LogP contribution in [0.2, 0.25) is 0 Å². The zero-order chi connectivity index (χ0) is 13.5. The Balaban J connectivity index is 1.87. The van der Waals surface area contributed by atoms with Gasteiger partial charge in [-0.25, -0.2) is 0 Å². The molecule has 2 aromatic carbocycles. The lowest BCUT2D eigenvalue weighted by molar-refractivity contribution is 0.809. The molecular weight excluding hydrogens is 312 g/mol. The van der Waals surface area contributed by atoms with Crippen molar-refractivity contribution in [2.24, 2.45) is 0 Å². The molecule has 0 fully saturated rings. The minimum absolute atomic E-state index is 0.188. The number of hydrogen-bond acceptors (Lipinski definition) is 1. The summed E-state index contributed by atoms with van der Waals surface area (Å²) in [5.41, 5.74) is 4.92. The molecule has 0 aliphatic carbocycles. The van der Waals surface area contributed by atoms with E-state index in [9.17, 15) is 0 Å². The van der Waals surface area contributed by atoms with Crippen LogP contribution in [-0.4, -0.2) is 4.57 Å². The van der Waals surface area contributed by atoms with E-state index in [1.54, 1.807) is 0 Å². The third kappa shape index (κ3) is 1.78.